The van der Waals surface area contributed by atoms with Crippen LogP contribution in [0.4, 0.5) is 5.00 Å². The van der Waals surface area contributed by atoms with Gasteiger partial charge in [0, 0.05) is 4.88 Å². The Labute approximate surface area is 91.3 Å². The van der Waals surface area contributed by atoms with Crippen LogP contribution in [0.15, 0.2) is 36.4 Å². The normalized spacial score (nSPS) is 10.1. The van der Waals surface area contributed by atoms with Crippen LogP contribution in [-0.2, 0) is 0 Å². The van der Waals surface area contributed by atoms with Crippen LogP contribution in [0.1, 0.15) is 10.4 Å². The second-order valence-electron chi connectivity index (χ2n) is 3.12. The molecule has 4 N–H and O–H groups in total. The molecule has 0 saturated heterocycles. The molecule has 1 aromatic heterocycles. The van der Waals surface area contributed by atoms with Crippen molar-refractivity contribution in [3.8, 4) is 10.4 Å². The maximum Gasteiger partial charge on any atom is 0.251 e. The smallest absolute Gasteiger partial charge is 0.251 e. The van der Waals surface area contributed by atoms with E-state index < -0.39 is 5.91 Å². The van der Waals surface area contributed by atoms with E-state index in [0.29, 0.717) is 10.6 Å². The van der Waals surface area contributed by atoms with E-state index in [1.807, 2.05) is 30.3 Å². The summed E-state index contributed by atoms with van der Waals surface area (Å²) in [6.07, 6.45) is 0. The molecule has 2 aromatic rings. The highest BCUT2D eigenvalue weighted by Gasteiger charge is 2.11. The highest BCUT2D eigenvalue weighted by atomic mass is 32.1. The molecule has 0 bridgehead atoms. The lowest BCUT2D eigenvalue weighted by Gasteiger charge is -1.93. The number of primary amides is 1. The molecule has 76 valence electrons. The molecule has 0 spiro atoms. The fourth-order valence-corrected chi connectivity index (χ4v) is 2.28. The van der Waals surface area contributed by atoms with E-state index in [1.54, 1.807) is 6.07 Å². The minimum atomic E-state index is -0.481. The molecule has 3 nitrogen and oxygen atoms in total. The molecule has 0 aliphatic heterocycles. The Morgan fingerprint density at radius 3 is 2.40 bits per heavy atom. The van der Waals surface area contributed by atoms with E-state index in [-0.39, 0.29) is 0 Å². The van der Waals surface area contributed by atoms with E-state index in [4.69, 9.17) is 11.5 Å². The topological polar surface area (TPSA) is 69.1 Å². The number of nitrogen functional groups attached to an aromatic ring is 1. The Kier molecular flexibility index (Phi) is 2.43. The SMILES string of the molecule is NC(=O)c1cc(-c2ccccc2)sc1N. The van der Waals surface area contributed by atoms with Crippen molar-refractivity contribution in [2.45, 2.75) is 0 Å². The summed E-state index contributed by atoms with van der Waals surface area (Å²) in [6.45, 7) is 0. The highest BCUT2D eigenvalue weighted by molar-refractivity contribution is 7.19. The Balaban J connectivity index is 2.48. The number of hydrogen-bond acceptors (Lipinski definition) is 3. The van der Waals surface area contributed by atoms with Crippen LogP contribution in [0.2, 0.25) is 0 Å². The van der Waals surface area contributed by atoms with Gasteiger partial charge >= 0.3 is 0 Å². The van der Waals surface area contributed by atoms with Gasteiger partial charge in [-0.15, -0.1) is 11.3 Å². The molecule has 0 aliphatic carbocycles. The Morgan fingerprint density at radius 2 is 1.87 bits per heavy atom. The summed E-state index contributed by atoms with van der Waals surface area (Å²) >= 11 is 1.37. The minimum Gasteiger partial charge on any atom is -0.390 e. The summed E-state index contributed by atoms with van der Waals surface area (Å²) in [5.74, 6) is -0.481. The third kappa shape index (κ3) is 1.85. The van der Waals surface area contributed by atoms with Gasteiger partial charge in [0.05, 0.1) is 10.6 Å². The van der Waals surface area contributed by atoms with Crippen molar-refractivity contribution in [3.63, 3.8) is 0 Å². The zero-order valence-electron chi connectivity index (χ0n) is 7.94. The van der Waals surface area contributed by atoms with Gasteiger partial charge < -0.3 is 11.5 Å². The van der Waals surface area contributed by atoms with Crippen molar-refractivity contribution in [1.82, 2.24) is 0 Å². The molecule has 1 heterocycles. The first-order chi connectivity index (χ1) is 7.18. The summed E-state index contributed by atoms with van der Waals surface area (Å²) in [5, 5.41) is 0.473. The molecule has 0 saturated carbocycles. The van der Waals surface area contributed by atoms with E-state index in [9.17, 15) is 4.79 Å². The molecule has 0 fully saturated rings. The number of benzene rings is 1. The molecule has 4 heteroatoms. The quantitative estimate of drug-likeness (QED) is 0.810. The zero-order valence-corrected chi connectivity index (χ0v) is 8.75. The molecule has 1 aromatic carbocycles. The molecular formula is C11H10N2OS. The Morgan fingerprint density at radius 1 is 1.20 bits per heavy atom. The first kappa shape index (κ1) is 9.73. The third-order valence-corrected chi connectivity index (χ3v) is 3.10. The second kappa shape index (κ2) is 3.74. The Bertz CT molecular complexity index is 491. The lowest BCUT2D eigenvalue weighted by Crippen LogP contribution is -2.11. The first-order valence-corrected chi connectivity index (χ1v) is 5.24. The number of hydrogen-bond donors (Lipinski definition) is 2. The number of carbonyl (C=O) groups excluding carboxylic acids is 1. The van der Waals surface area contributed by atoms with Gasteiger partial charge in [-0.05, 0) is 11.6 Å². The Hall–Kier alpha value is -1.81. The van der Waals surface area contributed by atoms with Gasteiger partial charge in [-0.25, -0.2) is 0 Å². The van der Waals surface area contributed by atoms with Gasteiger partial charge in [0.2, 0.25) is 0 Å². The predicted molar refractivity (Wildman–Crippen MR) is 62.7 cm³/mol. The van der Waals surface area contributed by atoms with Crippen LogP contribution in [0, 0.1) is 0 Å². The monoisotopic (exact) mass is 218 g/mol. The van der Waals surface area contributed by atoms with Crippen LogP contribution < -0.4 is 11.5 Å². The van der Waals surface area contributed by atoms with Crippen molar-refractivity contribution in [2.75, 3.05) is 5.73 Å². The fraction of sp³-hybridized carbons (Fsp3) is 0. The van der Waals surface area contributed by atoms with E-state index in [1.165, 1.54) is 11.3 Å². The standard InChI is InChI=1S/C11H10N2OS/c12-10(14)8-6-9(15-11(8)13)7-4-2-1-3-5-7/h1-6H,13H2,(H2,12,14). The number of anilines is 1. The first-order valence-electron chi connectivity index (χ1n) is 4.43. The summed E-state index contributed by atoms with van der Waals surface area (Å²) < 4.78 is 0. The lowest BCUT2D eigenvalue weighted by atomic mass is 10.1. The number of amides is 1. The summed E-state index contributed by atoms with van der Waals surface area (Å²) in [4.78, 5) is 12.0. The molecule has 0 unspecified atom stereocenters. The van der Waals surface area contributed by atoms with Gasteiger partial charge in [0.15, 0.2) is 0 Å². The molecule has 0 aliphatic rings. The van der Waals surface area contributed by atoms with Crippen LogP contribution >= 0.6 is 11.3 Å². The predicted octanol–water partition coefficient (Wildman–Crippen LogP) is 2.10. The number of thiophene rings is 1. The summed E-state index contributed by atoms with van der Waals surface area (Å²) in [6, 6.07) is 11.5. The summed E-state index contributed by atoms with van der Waals surface area (Å²) in [5.41, 5.74) is 12.3. The maximum atomic E-state index is 11.0. The highest BCUT2D eigenvalue weighted by Crippen LogP contribution is 2.32. The summed E-state index contributed by atoms with van der Waals surface area (Å²) in [7, 11) is 0. The van der Waals surface area contributed by atoms with E-state index in [0.717, 1.165) is 10.4 Å². The van der Waals surface area contributed by atoms with Crippen molar-refractivity contribution in [3.05, 3.63) is 42.0 Å². The van der Waals surface area contributed by atoms with E-state index in [2.05, 4.69) is 0 Å². The maximum absolute atomic E-state index is 11.0. The molecule has 2 rings (SSSR count). The molecule has 15 heavy (non-hydrogen) atoms. The molecule has 1 amide bonds. The van der Waals surface area contributed by atoms with Crippen molar-refractivity contribution >= 4 is 22.2 Å². The van der Waals surface area contributed by atoms with Gasteiger partial charge in [0.1, 0.15) is 0 Å². The third-order valence-electron chi connectivity index (χ3n) is 2.08. The second-order valence-corrected chi connectivity index (χ2v) is 4.20. The van der Waals surface area contributed by atoms with Gasteiger partial charge in [0.25, 0.3) is 5.91 Å². The molecule has 0 radical (unpaired) electrons. The van der Waals surface area contributed by atoms with E-state index >= 15 is 0 Å². The van der Waals surface area contributed by atoms with Gasteiger partial charge in [-0.1, -0.05) is 30.3 Å². The number of nitrogens with two attached hydrogens (primary N) is 2. The number of carbonyl (C=O) groups is 1. The molecule has 0 atom stereocenters. The minimum absolute atomic E-state index is 0.402. The number of rotatable bonds is 2. The van der Waals surface area contributed by atoms with Crippen LogP contribution in [0.5, 0.6) is 0 Å². The van der Waals surface area contributed by atoms with Crippen molar-refractivity contribution in [2.24, 2.45) is 5.73 Å². The average molecular weight is 218 g/mol. The van der Waals surface area contributed by atoms with Crippen molar-refractivity contribution in [1.29, 1.82) is 0 Å². The largest absolute Gasteiger partial charge is 0.390 e. The van der Waals surface area contributed by atoms with Crippen molar-refractivity contribution < 1.29 is 4.79 Å². The fourth-order valence-electron chi connectivity index (χ4n) is 1.34. The molecular weight excluding hydrogens is 208 g/mol. The lowest BCUT2D eigenvalue weighted by molar-refractivity contribution is 0.100. The van der Waals surface area contributed by atoms with Gasteiger partial charge in [-0.3, -0.25) is 4.79 Å². The van der Waals surface area contributed by atoms with Crippen LogP contribution in [0.3, 0.4) is 0 Å². The zero-order chi connectivity index (χ0) is 10.8. The average Bonchev–Trinajstić information content (AvgIpc) is 2.62. The van der Waals surface area contributed by atoms with Crippen LogP contribution in [-0.4, -0.2) is 5.91 Å². The van der Waals surface area contributed by atoms with Gasteiger partial charge in [-0.2, -0.15) is 0 Å². The van der Waals surface area contributed by atoms with Crippen LogP contribution in [0.25, 0.3) is 10.4 Å².